The topological polar surface area (TPSA) is 97.1 Å². The molecular formula is C14H15N7OS. The highest BCUT2D eigenvalue weighted by Gasteiger charge is 2.08. The Labute approximate surface area is 136 Å². The number of anilines is 1. The van der Waals surface area contributed by atoms with E-state index in [-0.39, 0.29) is 12.6 Å². The van der Waals surface area contributed by atoms with E-state index in [1.165, 1.54) is 0 Å². The minimum absolute atomic E-state index is 0.217. The minimum Gasteiger partial charge on any atom is -0.330 e. The van der Waals surface area contributed by atoms with Gasteiger partial charge in [-0.05, 0) is 36.1 Å². The van der Waals surface area contributed by atoms with E-state index < -0.39 is 0 Å². The van der Waals surface area contributed by atoms with Crippen molar-refractivity contribution in [3.8, 4) is 0 Å². The number of nitrogens with one attached hydrogen (secondary N) is 2. The lowest BCUT2D eigenvalue weighted by Gasteiger charge is -2.07. The van der Waals surface area contributed by atoms with Gasteiger partial charge in [-0.25, -0.2) is 9.78 Å². The first-order valence-electron chi connectivity index (χ1n) is 6.90. The Balaban J connectivity index is 1.60. The third-order valence-electron chi connectivity index (χ3n) is 3.03. The van der Waals surface area contributed by atoms with Crippen LogP contribution in [-0.2, 0) is 12.3 Å². The molecule has 0 aliphatic rings. The Morgan fingerprint density at radius 3 is 3.09 bits per heavy atom. The molecule has 9 heteroatoms. The van der Waals surface area contributed by atoms with E-state index in [0.29, 0.717) is 17.3 Å². The molecule has 0 unspecified atom stereocenters. The molecule has 0 spiro atoms. The van der Waals surface area contributed by atoms with Gasteiger partial charge in [0.1, 0.15) is 5.82 Å². The molecule has 3 aromatic heterocycles. The fourth-order valence-electron chi connectivity index (χ4n) is 2.02. The zero-order valence-corrected chi connectivity index (χ0v) is 13.2. The number of hydrogen-bond donors (Lipinski definition) is 2. The van der Waals surface area contributed by atoms with Gasteiger partial charge in [0.2, 0.25) is 0 Å². The lowest BCUT2D eigenvalue weighted by molar-refractivity contribution is 0.251. The van der Waals surface area contributed by atoms with Crippen LogP contribution in [0.25, 0.3) is 5.65 Å². The summed E-state index contributed by atoms with van der Waals surface area (Å²) in [5, 5.41) is 17.5. The summed E-state index contributed by atoms with van der Waals surface area (Å²) >= 11 is 1.71. The second kappa shape index (κ2) is 7.05. The predicted octanol–water partition coefficient (Wildman–Crippen LogP) is 1.70. The van der Waals surface area contributed by atoms with E-state index in [1.807, 2.05) is 18.4 Å². The molecule has 2 amide bonds. The number of rotatable bonds is 5. The molecule has 118 valence electrons. The summed E-state index contributed by atoms with van der Waals surface area (Å²) in [5.74, 6) is 1.94. The van der Waals surface area contributed by atoms with Crippen LogP contribution in [0, 0.1) is 0 Å². The Morgan fingerprint density at radius 2 is 2.22 bits per heavy atom. The maximum atomic E-state index is 12.0. The van der Waals surface area contributed by atoms with Crippen molar-refractivity contribution in [1.29, 1.82) is 0 Å². The predicted molar refractivity (Wildman–Crippen MR) is 88.1 cm³/mol. The van der Waals surface area contributed by atoms with E-state index in [1.54, 1.807) is 40.8 Å². The van der Waals surface area contributed by atoms with Gasteiger partial charge in [0.05, 0.1) is 6.54 Å². The molecule has 0 bridgehead atoms. The zero-order chi connectivity index (χ0) is 16.1. The SMILES string of the molecule is CSCc1ccnc(NC(=O)NCc2nnc3cccnn23)c1. The van der Waals surface area contributed by atoms with Crippen molar-refractivity contribution in [3.05, 3.63) is 48.0 Å². The molecule has 0 radical (unpaired) electrons. The maximum Gasteiger partial charge on any atom is 0.320 e. The van der Waals surface area contributed by atoms with Crippen molar-refractivity contribution in [3.63, 3.8) is 0 Å². The molecule has 0 fully saturated rings. The average Bonchev–Trinajstić information content (AvgIpc) is 2.97. The summed E-state index contributed by atoms with van der Waals surface area (Å²) in [4.78, 5) is 16.1. The fourth-order valence-corrected chi connectivity index (χ4v) is 2.53. The van der Waals surface area contributed by atoms with E-state index >= 15 is 0 Å². The monoisotopic (exact) mass is 329 g/mol. The molecule has 0 aliphatic heterocycles. The number of amides is 2. The molecule has 8 nitrogen and oxygen atoms in total. The highest BCUT2D eigenvalue weighted by Crippen LogP contribution is 2.12. The van der Waals surface area contributed by atoms with Gasteiger partial charge in [-0.15, -0.1) is 10.2 Å². The highest BCUT2D eigenvalue weighted by atomic mass is 32.2. The van der Waals surface area contributed by atoms with Crippen molar-refractivity contribution in [2.75, 3.05) is 11.6 Å². The van der Waals surface area contributed by atoms with Gasteiger partial charge in [-0.2, -0.15) is 21.4 Å². The molecule has 0 aliphatic carbocycles. The van der Waals surface area contributed by atoms with E-state index in [0.717, 1.165) is 11.3 Å². The summed E-state index contributed by atoms with van der Waals surface area (Å²) in [6, 6.07) is 7.00. The largest absolute Gasteiger partial charge is 0.330 e. The summed E-state index contributed by atoms with van der Waals surface area (Å²) in [7, 11) is 0. The Hall–Kier alpha value is -2.68. The van der Waals surface area contributed by atoms with Gasteiger partial charge < -0.3 is 5.32 Å². The summed E-state index contributed by atoms with van der Waals surface area (Å²) in [6.07, 6.45) is 5.34. The number of nitrogens with zero attached hydrogens (tertiary/aromatic N) is 5. The van der Waals surface area contributed by atoms with Crippen LogP contribution in [0.5, 0.6) is 0 Å². The standard InChI is InChI=1S/C14H15N7OS/c1-23-9-10-4-6-15-11(7-10)18-14(22)16-8-13-20-19-12-3-2-5-17-21(12)13/h2-7H,8-9H2,1H3,(H2,15,16,18,22). The Kier molecular flexibility index (Phi) is 4.67. The quantitative estimate of drug-likeness (QED) is 0.739. The van der Waals surface area contributed by atoms with Crippen LogP contribution in [0.1, 0.15) is 11.4 Å². The lowest BCUT2D eigenvalue weighted by atomic mass is 10.3. The van der Waals surface area contributed by atoms with Crippen LogP contribution < -0.4 is 10.6 Å². The van der Waals surface area contributed by atoms with Crippen molar-refractivity contribution in [1.82, 2.24) is 30.1 Å². The van der Waals surface area contributed by atoms with Crippen molar-refractivity contribution >= 4 is 29.3 Å². The van der Waals surface area contributed by atoms with Crippen LogP contribution in [0.4, 0.5) is 10.6 Å². The van der Waals surface area contributed by atoms with Crippen LogP contribution in [0.3, 0.4) is 0 Å². The third-order valence-corrected chi connectivity index (χ3v) is 3.65. The number of urea groups is 1. The first-order valence-corrected chi connectivity index (χ1v) is 8.29. The van der Waals surface area contributed by atoms with Crippen LogP contribution in [0.2, 0.25) is 0 Å². The van der Waals surface area contributed by atoms with Crippen LogP contribution in [0.15, 0.2) is 36.7 Å². The molecule has 3 aromatic rings. The first kappa shape index (κ1) is 15.2. The van der Waals surface area contributed by atoms with E-state index in [9.17, 15) is 4.79 Å². The third kappa shape index (κ3) is 3.75. The van der Waals surface area contributed by atoms with Gasteiger partial charge in [0.25, 0.3) is 0 Å². The minimum atomic E-state index is -0.355. The Bertz CT molecular complexity index is 820. The molecule has 0 atom stereocenters. The number of carbonyl (C=O) groups is 1. The molecule has 3 heterocycles. The second-order valence-corrected chi connectivity index (χ2v) is 5.57. The van der Waals surface area contributed by atoms with Crippen molar-refractivity contribution in [2.24, 2.45) is 0 Å². The van der Waals surface area contributed by atoms with Gasteiger partial charge in [0.15, 0.2) is 11.5 Å². The average molecular weight is 329 g/mol. The zero-order valence-electron chi connectivity index (χ0n) is 12.4. The van der Waals surface area contributed by atoms with E-state index in [2.05, 4.69) is 30.9 Å². The first-order chi connectivity index (χ1) is 11.3. The molecule has 23 heavy (non-hydrogen) atoms. The van der Waals surface area contributed by atoms with Gasteiger partial charge in [-0.1, -0.05) is 0 Å². The smallest absolute Gasteiger partial charge is 0.320 e. The molecule has 2 N–H and O–H groups in total. The second-order valence-electron chi connectivity index (χ2n) is 4.70. The summed E-state index contributed by atoms with van der Waals surface area (Å²) in [5.41, 5.74) is 1.74. The number of aromatic nitrogens is 5. The van der Waals surface area contributed by atoms with Crippen molar-refractivity contribution in [2.45, 2.75) is 12.3 Å². The lowest BCUT2D eigenvalue weighted by Crippen LogP contribution is -2.29. The van der Waals surface area contributed by atoms with Crippen molar-refractivity contribution < 1.29 is 4.79 Å². The number of fused-ring (bicyclic) bond motifs is 1. The summed E-state index contributed by atoms with van der Waals surface area (Å²) < 4.78 is 1.58. The Morgan fingerprint density at radius 1 is 1.30 bits per heavy atom. The normalized spacial score (nSPS) is 10.7. The molecule has 3 rings (SSSR count). The number of carbonyl (C=O) groups excluding carboxylic acids is 1. The van der Waals surface area contributed by atoms with Crippen LogP contribution in [-0.4, -0.2) is 37.1 Å². The molecule has 0 aromatic carbocycles. The number of hydrogen-bond acceptors (Lipinski definition) is 6. The van der Waals surface area contributed by atoms with E-state index in [4.69, 9.17) is 0 Å². The van der Waals surface area contributed by atoms with Gasteiger partial charge in [0, 0.05) is 18.1 Å². The number of pyridine rings is 1. The van der Waals surface area contributed by atoms with Crippen LogP contribution >= 0.6 is 11.8 Å². The fraction of sp³-hybridized carbons (Fsp3) is 0.214. The highest BCUT2D eigenvalue weighted by molar-refractivity contribution is 7.97. The van der Waals surface area contributed by atoms with Gasteiger partial charge in [-0.3, -0.25) is 5.32 Å². The molecule has 0 saturated heterocycles. The maximum absolute atomic E-state index is 12.0. The number of thioether (sulfide) groups is 1. The summed E-state index contributed by atoms with van der Waals surface area (Å²) in [6.45, 7) is 0.217. The van der Waals surface area contributed by atoms with Gasteiger partial charge >= 0.3 is 6.03 Å². The molecular weight excluding hydrogens is 314 g/mol. The molecule has 0 saturated carbocycles.